The van der Waals surface area contributed by atoms with E-state index in [4.69, 9.17) is 15.6 Å². The Morgan fingerprint density at radius 2 is 2.21 bits per heavy atom. The summed E-state index contributed by atoms with van der Waals surface area (Å²) in [5.41, 5.74) is 5.54. The number of halogens is 1. The molecule has 2 rings (SSSR count). The molecule has 5 N–H and O–H groups in total. The van der Waals surface area contributed by atoms with Crippen molar-refractivity contribution in [1.82, 2.24) is 14.8 Å². The van der Waals surface area contributed by atoms with Crippen LogP contribution in [-0.4, -0.2) is 67.9 Å². The number of aliphatic imine (C=N–C) groups is 1. The van der Waals surface area contributed by atoms with Gasteiger partial charge >= 0.3 is 0 Å². The molecule has 2 heterocycles. The SMILES string of the molecule is CN=C(N)c1ncn(C2OC(CO)C(O)C2O)n1.Cl. The van der Waals surface area contributed by atoms with E-state index in [2.05, 4.69) is 15.1 Å². The van der Waals surface area contributed by atoms with Crippen molar-refractivity contribution in [3.63, 3.8) is 0 Å². The van der Waals surface area contributed by atoms with Gasteiger partial charge in [0.15, 0.2) is 12.1 Å². The molecular weight excluding hydrogens is 278 g/mol. The highest BCUT2D eigenvalue weighted by atomic mass is 35.5. The van der Waals surface area contributed by atoms with Crippen molar-refractivity contribution >= 4 is 18.2 Å². The number of nitrogens with two attached hydrogens (primary N) is 1. The zero-order valence-corrected chi connectivity index (χ0v) is 10.9. The Morgan fingerprint density at radius 1 is 1.53 bits per heavy atom. The molecule has 19 heavy (non-hydrogen) atoms. The van der Waals surface area contributed by atoms with Gasteiger partial charge in [-0.05, 0) is 0 Å². The maximum atomic E-state index is 9.78. The highest BCUT2D eigenvalue weighted by Crippen LogP contribution is 2.28. The van der Waals surface area contributed by atoms with Crippen LogP contribution in [0.5, 0.6) is 0 Å². The number of aromatic nitrogens is 3. The molecule has 1 aliphatic rings. The van der Waals surface area contributed by atoms with Crippen LogP contribution in [-0.2, 0) is 4.74 Å². The molecular formula is C9H16ClN5O4. The Morgan fingerprint density at radius 3 is 2.74 bits per heavy atom. The zero-order valence-electron chi connectivity index (χ0n) is 10.1. The normalized spacial score (nSPS) is 31.3. The second-order valence-electron chi connectivity index (χ2n) is 3.89. The summed E-state index contributed by atoms with van der Waals surface area (Å²) < 4.78 is 6.51. The van der Waals surface area contributed by atoms with E-state index in [9.17, 15) is 10.2 Å². The highest BCUT2D eigenvalue weighted by molar-refractivity contribution is 5.93. The Labute approximate surface area is 115 Å². The molecule has 10 heteroatoms. The first-order valence-corrected chi connectivity index (χ1v) is 5.34. The van der Waals surface area contributed by atoms with E-state index in [0.29, 0.717) is 0 Å². The van der Waals surface area contributed by atoms with Crippen LogP contribution in [0.15, 0.2) is 11.3 Å². The van der Waals surface area contributed by atoms with Gasteiger partial charge in [0, 0.05) is 7.05 Å². The Kier molecular flexibility index (Phi) is 5.20. The van der Waals surface area contributed by atoms with Crippen LogP contribution < -0.4 is 5.73 Å². The van der Waals surface area contributed by atoms with Gasteiger partial charge < -0.3 is 25.8 Å². The van der Waals surface area contributed by atoms with Gasteiger partial charge in [0.05, 0.1) is 6.61 Å². The molecule has 1 fully saturated rings. The van der Waals surface area contributed by atoms with Crippen LogP contribution in [0.3, 0.4) is 0 Å². The van der Waals surface area contributed by atoms with E-state index in [-0.39, 0.29) is 24.1 Å². The van der Waals surface area contributed by atoms with Crippen molar-refractivity contribution in [2.75, 3.05) is 13.7 Å². The summed E-state index contributed by atoms with van der Waals surface area (Å²) in [6, 6.07) is 0. The molecule has 4 atom stereocenters. The molecule has 1 saturated heterocycles. The van der Waals surface area contributed by atoms with Crippen molar-refractivity contribution < 1.29 is 20.1 Å². The number of hydrogen-bond acceptors (Lipinski definition) is 7. The molecule has 108 valence electrons. The van der Waals surface area contributed by atoms with Gasteiger partial charge in [-0.1, -0.05) is 0 Å². The number of ether oxygens (including phenoxy) is 1. The standard InChI is InChI=1S/C9H15N5O4.ClH/c1-11-7(10)8-12-3-14(13-8)9-6(17)5(16)4(2-15)18-9;/h3-6,9,15-17H,2H2,1H3,(H2,10,11);1H. The lowest BCUT2D eigenvalue weighted by Crippen LogP contribution is -2.33. The topological polar surface area (TPSA) is 139 Å². The first kappa shape index (κ1) is 15.8. The molecule has 4 unspecified atom stereocenters. The van der Waals surface area contributed by atoms with E-state index in [1.54, 1.807) is 0 Å². The van der Waals surface area contributed by atoms with Crippen molar-refractivity contribution in [3.8, 4) is 0 Å². The predicted molar refractivity (Wildman–Crippen MR) is 66.9 cm³/mol. The summed E-state index contributed by atoms with van der Waals surface area (Å²) >= 11 is 0. The van der Waals surface area contributed by atoms with Crippen LogP contribution in [0.1, 0.15) is 12.1 Å². The third-order valence-electron chi connectivity index (χ3n) is 2.76. The van der Waals surface area contributed by atoms with Crippen molar-refractivity contribution in [2.24, 2.45) is 10.7 Å². The van der Waals surface area contributed by atoms with Gasteiger partial charge in [0.1, 0.15) is 24.6 Å². The van der Waals surface area contributed by atoms with E-state index in [1.165, 1.54) is 18.1 Å². The van der Waals surface area contributed by atoms with Gasteiger partial charge in [0.2, 0.25) is 5.82 Å². The van der Waals surface area contributed by atoms with E-state index in [0.717, 1.165) is 0 Å². The van der Waals surface area contributed by atoms with E-state index >= 15 is 0 Å². The largest absolute Gasteiger partial charge is 0.394 e. The number of aliphatic hydroxyl groups is 3. The fourth-order valence-electron chi connectivity index (χ4n) is 1.71. The lowest BCUT2D eigenvalue weighted by atomic mass is 10.1. The maximum absolute atomic E-state index is 9.78. The van der Waals surface area contributed by atoms with Gasteiger partial charge in [-0.2, -0.15) is 0 Å². The summed E-state index contributed by atoms with van der Waals surface area (Å²) in [7, 11) is 1.50. The molecule has 0 amide bonds. The first-order chi connectivity index (χ1) is 8.58. The molecule has 0 spiro atoms. The van der Waals surface area contributed by atoms with Gasteiger partial charge in [-0.15, -0.1) is 17.5 Å². The van der Waals surface area contributed by atoms with Gasteiger partial charge in [-0.25, -0.2) is 9.67 Å². The minimum atomic E-state index is -1.20. The number of amidine groups is 1. The van der Waals surface area contributed by atoms with Gasteiger partial charge in [-0.3, -0.25) is 4.99 Å². The van der Waals surface area contributed by atoms with E-state index in [1.807, 2.05) is 0 Å². The maximum Gasteiger partial charge on any atom is 0.216 e. The molecule has 0 bridgehead atoms. The van der Waals surface area contributed by atoms with Gasteiger partial charge in [0.25, 0.3) is 0 Å². The average Bonchev–Trinajstić information content (AvgIpc) is 2.96. The molecule has 1 aromatic rings. The van der Waals surface area contributed by atoms with Crippen LogP contribution in [0, 0.1) is 0 Å². The minimum absolute atomic E-state index is 0. The second-order valence-corrected chi connectivity index (χ2v) is 3.89. The van der Waals surface area contributed by atoms with Crippen LogP contribution in [0.4, 0.5) is 0 Å². The number of aliphatic hydroxyl groups excluding tert-OH is 3. The zero-order chi connectivity index (χ0) is 13.3. The summed E-state index contributed by atoms with van der Waals surface area (Å²) in [6.45, 7) is -0.394. The Balaban J connectivity index is 0.00000180. The average molecular weight is 294 g/mol. The first-order valence-electron chi connectivity index (χ1n) is 5.34. The predicted octanol–water partition coefficient (Wildman–Crippen LogP) is -2.35. The van der Waals surface area contributed by atoms with Crippen molar-refractivity contribution in [1.29, 1.82) is 0 Å². The number of rotatable bonds is 3. The molecule has 0 aromatic carbocycles. The lowest BCUT2D eigenvalue weighted by molar-refractivity contribution is -0.0588. The molecule has 0 saturated carbocycles. The molecule has 1 aliphatic heterocycles. The summed E-state index contributed by atoms with van der Waals surface area (Å²) in [4.78, 5) is 7.63. The molecule has 0 radical (unpaired) electrons. The lowest BCUT2D eigenvalue weighted by Gasteiger charge is -2.13. The molecule has 0 aliphatic carbocycles. The monoisotopic (exact) mass is 293 g/mol. The van der Waals surface area contributed by atoms with Crippen LogP contribution >= 0.6 is 12.4 Å². The second kappa shape index (κ2) is 6.26. The molecule has 1 aromatic heterocycles. The van der Waals surface area contributed by atoms with Crippen molar-refractivity contribution in [3.05, 3.63) is 12.2 Å². The summed E-state index contributed by atoms with van der Waals surface area (Å²) in [6.07, 6.45) is -2.83. The Hall–Kier alpha value is -1.26. The molecule has 9 nitrogen and oxygen atoms in total. The fraction of sp³-hybridized carbons (Fsp3) is 0.667. The third kappa shape index (κ3) is 2.85. The number of hydrogen-bond donors (Lipinski definition) is 4. The quantitative estimate of drug-likeness (QED) is 0.361. The number of nitrogens with zero attached hydrogens (tertiary/aromatic N) is 4. The van der Waals surface area contributed by atoms with Crippen LogP contribution in [0.2, 0.25) is 0 Å². The minimum Gasteiger partial charge on any atom is -0.394 e. The van der Waals surface area contributed by atoms with Crippen LogP contribution in [0.25, 0.3) is 0 Å². The summed E-state index contributed by atoms with van der Waals surface area (Å²) in [5.74, 6) is 0.357. The van der Waals surface area contributed by atoms with Crippen molar-refractivity contribution in [2.45, 2.75) is 24.5 Å². The fourth-order valence-corrected chi connectivity index (χ4v) is 1.71. The highest BCUT2D eigenvalue weighted by Gasteiger charge is 2.43. The smallest absolute Gasteiger partial charge is 0.216 e. The Bertz CT molecular complexity index is 454. The third-order valence-corrected chi connectivity index (χ3v) is 2.76. The summed E-state index contributed by atoms with van der Waals surface area (Å²) in [5, 5.41) is 32.3. The van der Waals surface area contributed by atoms with E-state index < -0.39 is 31.1 Å².